The van der Waals surface area contributed by atoms with E-state index in [9.17, 15) is 14.0 Å². The molecule has 0 aliphatic carbocycles. The van der Waals surface area contributed by atoms with Gasteiger partial charge in [-0.2, -0.15) is 10.2 Å². The fourth-order valence-electron chi connectivity index (χ4n) is 4.70. The number of nitrogens with zero attached hydrogens (tertiary/aromatic N) is 7. The Morgan fingerprint density at radius 2 is 1.90 bits per heavy atom. The van der Waals surface area contributed by atoms with Crippen molar-refractivity contribution in [3.63, 3.8) is 0 Å². The van der Waals surface area contributed by atoms with Crippen LogP contribution in [0.4, 0.5) is 4.39 Å². The monoisotopic (exact) mass is 546 g/mol. The summed E-state index contributed by atoms with van der Waals surface area (Å²) in [5.74, 6) is 5.51. The lowest BCUT2D eigenvalue weighted by Gasteiger charge is -2.20. The molecule has 10 nitrogen and oxygen atoms in total. The van der Waals surface area contributed by atoms with Crippen molar-refractivity contribution in [1.82, 2.24) is 39.2 Å². The number of rotatable bonds is 4. The molecule has 4 aromatic heterocycles. The fraction of sp³-hybridized carbons (Fsp3) is 0.133. The van der Waals surface area contributed by atoms with Gasteiger partial charge >= 0.3 is 0 Å². The van der Waals surface area contributed by atoms with E-state index < -0.39 is 23.3 Å². The van der Waals surface area contributed by atoms with Crippen LogP contribution in [0.25, 0.3) is 22.2 Å². The first-order valence-corrected chi connectivity index (χ1v) is 12.7. The summed E-state index contributed by atoms with van der Waals surface area (Å²) < 4.78 is 18.4. The van der Waals surface area contributed by atoms with E-state index in [-0.39, 0.29) is 5.82 Å². The number of fused-ring (bicyclic) bond motifs is 2. The molecule has 6 rings (SSSR count). The molecule has 41 heavy (non-hydrogen) atoms. The van der Waals surface area contributed by atoms with Crippen LogP contribution in [0.15, 0.2) is 78.1 Å². The zero-order chi connectivity index (χ0) is 28.7. The number of hydrogen-bond donors (Lipinski definition) is 1. The first-order valence-electron chi connectivity index (χ1n) is 12.7. The van der Waals surface area contributed by atoms with Gasteiger partial charge < -0.3 is 5.32 Å². The molecule has 202 valence electrons. The number of carbonyl (C=O) groups is 1. The lowest BCUT2D eigenvalue weighted by atomic mass is 10.1. The fourth-order valence-corrected chi connectivity index (χ4v) is 4.70. The number of carbonyl (C=O) groups excluding carboxylic acids is 1. The normalized spacial score (nSPS) is 11.8. The first kappa shape index (κ1) is 25.6. The number of aryl methyl sites for hydroxylation is 2. The van der Waals surface area contributed by atoms with Crippen LogP contribution in [0.5, 0.6) is 0 Å². The van der Waals surface area contributed by atoms with Crippen molar-refractivity contribution in [2.45, 2.75) is 19.9 Å². The molecule has 0 aliphatic heterocycles. The van der Waals surface area contributed by atoms with Crippen LogP contribution in [0.2, 0.25) is 0 Å². The molecule has 1 N–H and O–H groups in total. The van der Waals surface area contributed by atoms with Gasteiger partial charge in [0.05, 0.1) is 40.1 Å². The molecule has 0 spiro atoms. The van der Waals surface area contributed by atoms with Gasteiger partial charge in [0, 0.05) is 31.2 Å². The number of amides is 1. The highest BCUT2D eigenvalue weighted by molar-refractivity contribution is 6.01. The van der Waals surface area contributed by atoms with Gasteiger partial charge in [-0.3, -0.25) is 18.8 Å². The third-order valence-corrected chi connectivity index (χ3v) is 6.59. The van der Waals surface area contributed by atoms with Crippen LogP contribution in [-0.2, 0) is 7.05 Å². The van der Waals surface area contributed by atoms with Crippen LogP contribution in [0, 0.1) is 24.6 Å². The van der Waals surface area contributed by atoms with E-state index in [1.165, 1.54) is 33.3 Å². The summed E-state index contributed by atoms with van der Waals surface area (Å²) in [5.41, 5.74) is 2.82. The van der Waals surface area contributed by atoms with Gasteiger partial charge in [0.25, 0.3) is 11.5 Å². The Bertz CT molecular complexity index is 2080. The average molecular weight is 547 g/mol. The van der Waals surface area contributed by atoms with E-state index in [1.54, 1.807) is 74.6 Å². The van der Waals surface area contributed by atoms with Gasteiger partial charge in [0.1, 0.15) is 17.2 Å². The molecule has 1 amide bonds. The average Bonchev–Trinajstić information content (AvgIpc) is 3.53. The predicted octanol–water partition coefficient (Wildman–Crippen LogP) is 3.50. The zero-order valence-electron chi connectivity index (χ0n) is 22.3. The minimum Gasteiger partial charge on any atom is -0.342 e. The quantitative estimate of drug-likeness (QED) is 0.339. The van der Waals surface area contributed by atoms with Crippen molar-refractivity contribution >= 4 is 22.5 Å². The summed E-state index contributed by atoms with van der Waals surface area (Å²) in [6, 6.07) is 11.7. The minimum absolute atomic E-state index is 0.266. The highest BCUT2D eigenvalue weighted by atomic mass is 19.1. The lowest BCUT2D eigenvalue weighted by molar-refractivity contribution is 0.0938. The molecule has 1 atom stereocenters. The summed E-state index contributed by atoms with van der Waals surface area (Å²) in [7, 11) is 1.79. The zero-order valence-corrected chi connectivity index (χ0v) is 22.3. The predicted molar refractivity (Wildman–Crippen MR) is 150 cm³/mol. The number of halogens is 1. The summed E-state index contributed by atoms with van der Waals surface area (Å²) in [6.45, 7) is 3.46. The Hall–Kier alpha value is -5.63. The van der Waals surface area contributed by atoms with Crippen molar-refractivity contribution in [2.75, 3.05) is 0 Å². The molecular weight excluding hydrogens is 523 g/mol. The molecule has 0 aliphatic rings. The van der Waals surface area contributed by atoms with E-state index in [4.69, 9.17) is 4.98 Å². The summed E-state index contributed by atoms with van der Waals surface area (Å²) in [6.07, 6.45) is 6.71. The van der Waals surface area contributed by atoms with Gasteiger partial charge in [0.2, 0.25) is 0 Å². The van der Waals surface area contributed by atoms with E-state index in [0.717, 1.165) is 0 Å². The molecular formula is C30H23FN8O2. The Morgan fingerprint density at radius 1 is 1.10 bits per heavy atom. The molecule has 0 radical (unpaired) electrons. The molecule has 0 unspecified atom stereocenters. The Morgan fingerprint density at radius 3 is 2.66 bits per heavy atom. The van der Waals surface area contributed by atoms with Crippen LogP contribution in [-0.4, -0.2) is 39.8 Å². The van der Waals surface area contributed by atoms with Gasteiger partial charge in [-0.05, 0) is 56.3 Å². The maximum Gasteiger partial charge on any atom is 0.267 e. The second-order valence-electron chi connectivity index (χ2n) is 9.48. The van der Waals surface area contributed by atoms with Gasteiger partial charge in [-0.15, -0.1) is 0 Å². The number of hydrogen-bond acceptors (Lipinski definition) is 6. The lowest BCUT2D eigenvalue weighted by Crippen LogP contribution is -2.33. The molecule has 11 heteroatoms. The number of aromatic nitrogens is 7. The summed E-state index contributed by atoms with van der Waals surface area (Å²) >= 11 is 0. The Kier molecular flexibility index (Phi) is 6.35. The molecule has 6 aromatic rings. The molecule has 4 heterocycles. The number of benzene rings is 2. The largest absolute Gasteiger partial charge is 0.342 e. The van der Waals surface area contributed by atoms with Crippen LogP contribution in [0.3, 0.4) is 0 Å². The van der Waals surface area contributed by atoms with Crippen molar-refractivity contribution in [2.24, 2.45) is 7.05 Å². The van der Waals surface area contributed by atoms with Crippen molar-refractivity contribution in [3.05, 3.63) is 118 Å². The summed E-state index contributed by atoms with van der Waals surface area (Å²) in [4.78, 5) is 36.7. The SMILES string of the molecule is Cc1nn2cccnc2c1C(=O)N[C@@H](C)c1nc2cccc(C#Cc3cnn(C)c3)c2c(=O)n1-c1ccc(F)cc1. The molecule has 0 fully saturated rings. The highest BCUT2D eigenvalue weighted by Gasteiger charge is 2.24. The van der Waals surface area contributed by atoms with E-state index in [0.29, 0.717) is 44.6 Å². The topological polar surface area (TPSA) is 112 Å². The van der Waals surface area contributed by atoms with Crippen LogP contribution < -0.4 is 10.9 Å². The second-order valence-corrected chi connectivity index (χ2v) is 9.48. The standard InChI is InChI=1S/C30H23FN8O2/c1-18-25(28-32-14-5-15-38(28)36-18)29(40)34-19(2)27-35-24-7-4-6-21(9-8-20-16-33-37(3)17-20)26(24)30(41)39(27)23-12-10-22(31)11-13-23/h4-7,10-17,19H,1-3H3,(H,34,40)/t19-/m0/s1. The second kappa shape index (κ2) is 10.2. The van der Waals surface area contributed by atoms with E-state index in [1.807, 2.05) is 0 Å². The first-order chi connectivity index (χ1) is 19.8. The maximum absolute atomic E-state index is 14.1. The van der Waals surface area contributed by atoms with Crippen molar-refractivity contribution in [3.8, 4) is 17.5 Å². The summed E-state index contributed by atoms with van der Waals surface area (Å²) in [5, 5.41) is 11.7. The van der Waals surface area contributed by atoms with Crippen LogP contribution in [0.1, 0.15) is 46.0 Å². The van der Waals surface area contributed by atoms with Crippen molar-refractivity contribution < 1.29 is 9.18 Å². The highest BCUT2D eigenvalue weighted by Crippen LogP contribution is 2.22. The third kappa shape index (κ3) is 4.72. The van der Waals surface area contributed by atoms with Crippen molar-refractivity contribution in [1.29, 1.82) is 0 Å². The van der Waals surface area contributed by atoms with E-state index >= 15 is 0 Å². The Labute approximate surface area is 233 Å². The van der Waals surface area contributed by atoms with Gasteiger partial charge in [-0.25, -0.2) is 18.9 Å². The van der Waals surface area contributed by atoms with E-state index in [2.05, 4.69) is 32.3 Å². The minimum atomic E-state index is -0.729. The molecule has 2 aromatic carbocycles. The number of nitrogens with one attached hydrogen (secondary N) is 1. The third-order valence-electron chi connectivity index (χ3n) is 6.59. The Balaban J connectivity index is 1.49. The molecule has 0 bridgehead atoms. The van der Waals surface area contributed by atoms with Gasteiger partial charge in [0.15, 0.2) is 5.65 Å². The van der Waals surface area contributed by atoms with Crippen LogP contribution >= 0.6 is 0 Å². The smallest absolute Gasteiger partial charge is 0.267 e. The van der Waals surface area contributed by atoms with Gasteiger partial charge in [-0.1, -0.05) is 17.9 Å². The molecule has 0 saturated heterocycles. The maximum atomic E-state index is 14.1. The molecule has 0 saturated carbocycles.